The Hall–Kier alpha value is -5.00. The number of urea groups is 2. The summed E-state index contributed by atoms with van der Waals surface area (Å²) in [6.07, 6.45) is 4.84. The molecule has 2 aliphatic rings. The number of pyridine rings is 1. The summed E-state index contributed by atoms with van der Waals surface area (Å²) >= 11 is 0. The molecule has 12 nitrogen and oxygen atoms in total. The van der Waals surface area contributed by atoms with Crippen LogP contribution in [-0.4, -0.2) is 61.1 Å². The van der Waals surface area contributed by atoms with Crippen LogP contribution in [0.25, 0.3) is 10.9 Å². The molecule has 2 aromatic heterocycles. The molecule has 12 heteroatoms. The number of rotatable bonds is 6. The van der Waals surface area contributed by atoms with Gasteiger partial charge in [-0.05, 0) is 55.0 Å². The number of H-pyrrole nitrogens is 1. The number of aryl methyl sites for hydroxylation is 1. The van der Waals surface area contributed by atoms with Crippen LogP contribution in [0, 0.1) is 17.0 Å². The Bertz CT molecular complexity index is 1630. The number of hydrogen-bond acceptors (Lipinski definition) is 6. The van der Waals surface area contributed by atoms with Gasteiger partial charge in [-0.1, -0.05) is 24.3 Å². The molecule has 0 spiro atoms. The van der Waals surface area contributed by atoms with Gasteiger partial charge in [-0.2, -0.15) is 5.10 Å². The SMILES string of the molecule is Cc1cc(CC(NC(=O)N2CCC(N3Cc4ccccc4NC3=O)CC2)c2cc([N+](=O)[O-])ccn2)cc2cn[nH]c12. The minimum atomic E-state index is -0.590. The van der Waals surface area contributed by atoms with E-state index in [1.165, 1.54) is 18.3 Å². The summed E-state index contributed by atoms with van der Waals surface area (Å²) in [7, 11) is 0. The Kier molecular flexibility index (Phi) is 6.96. The number of hydrogen-bond donors (Lipinski definition) is 3. The Labute approximate surface area is 235 Å². The molecular formula is C29H30N8O4. The summed E-state index contributed by atoms with van der Waals surface area (Å²) in [6.45, 7) is 3.49. The van der Waals surface area contributed by atoms with Gasteiger partial charge in [-0.15, -0.1) is 0 Å². The lowest BCUT2D eigenvalue weighted by Gasteiger charge is -2.40. The van der Waals surface area contributed by atoms with Crippen molar-refractivity contribution in [2.75, 3.05) is 18.4 Å². The number of nitrogens with one attached hydrogen (secondary N) is 3. The van der Waals surface area contributed by atoms with Gasteiger partial charge in [-0.3, -0.25) is 20.2 Å². The number of piperidine rings is 1. The first-order chi connectivity index (χ1) is 19.9. The Morgan fingerprint density at radius 3 is 2.80 bits per heavy atom. The second-order valence-corrected chi connectivity index (χ2v) is 10.6. The van der Waals surface area contributed by atoms with Gasteiger partial charge in [0.15, 0.2) is 0 Å². The minimum absolute atomic E-state index is 0.0197. The summed E-state index contributed by atoms with van der Waals surface area (Å²) in [5.41, 5.74) is 5.14. The quantitative estimate of drug-likeness (QED) is 0.233. The highest BCUT2D eigenvalue weighted by atomic mass is 16.6. The van der Waals surface area contributed by atoms with Crippen molar-refractivity contribution in [1.82, 2.24) is 30.3 Å². The monoisotopic (exact) mass is 554 g/mol. The number of carbonyl (C=O) groups excluding carboxylic acids is 2. The molecule has 210 valence electrons. The molecule has 1 fully saturated rings. The summed E-state index contributed by atoms with van der Waals surface area (Å²) in [4.78, 5) is 45.2. The van der Waals surface area contributed by atoms with Gasteiger partial charge < -0.3 is 20.4 Å². The first kappa shape index (κ1) is 26.2. The molecule has 6 rings (SSSR count). The zero-order valence-corrected chi connectivity index (χ0v) is 22.5. The van der Waals surface area contributed by atoms with Crippen molar-refractivity contribution in [3.63, 3.8) is 0 Å². The third-order valence-electron chi connectivity index (χ3n) is 7.93. The lowest BCUT2D eigenvalue weighted by Crippen LogP contribution is -2.53. The van der Waals surface area contributed by atoms with E-state index in [0.29, 0.717) is 44.6 Å². The molecule has 4 heterocycles. The second-order valence-electron chi connectivity index (χ2n) is 10.6. The number of amides is 4. The number of anilines is 1. The van der Waals surface area contributed by atoms with E-state index in [1.807, 2.05) is 48.2 Å². The summed E-state index contributed by atoms with van der Waals surface area (Å²) in [5.74, 6) is 0. The third-order valence-corrected chi connectivity index (χ3v) is 7.93. The first-order valence-electron chi connectivity index (χ1n) is 13.6. The van der Waals surface area contributed by atoms with E-state index in [2.05, 4.69) is 25.8 Å². The molecule has 1 unspecified atom stereocenters. The normalized spacial score (nSPS) is 16.3. The van der Waals surface area contributed by atoms with Gasteiger partial charge in [-0.25, -0.2) is 9.59 Å². The van der Waals surface area contributed by atoms with Crippen molar-refractivity contribution in [2.24, 2.45) is 0 Å². The number of likely N-dealkylation sites (tertiary alicyclic amines) is 1. The number of nitrogens with zero attached hydrogens (tertiary/aromatic N) is 5. The highest BCUT2D eigenvalue weighted by Crippen LogP contribution is 2.29. The summed E-state index contributed by atoms with van der Waals surface area (Å²) < 4.78 is 0. The van der Waals surface area contributed by atoms with Crippen LogP contribution in [-0.2, 0) is 13.0 Å². The number of para-hydroxylation sites is 1. The molecule has 2 aromatic carbocycles. The Morgan fingerprint density at radius 2 is 2.00 bits per heavy atom. The Morgan fingerprint density at radius 1 is 1.20 bits per heavy atom. The molecule has 41 heavy (non-hydrogen) atoms. The fourth-order valence-electron chi connectivity index (χ4n) is 5.77. The number of aromatic amines is 1. The van der Waals surface area contributed by atoms with Crippen LogP contribution in [0.15, 0.2) is 60.9 Å². The molecule has 1 saturated heterocycles. The fraction of sp³-hybridized carbons (Fsp3) is 0.310. The van der Waals surface area contributed by atoms with Gasteiger partial charge in [0.25, 0.3) is 5.69 Å². The van der Waals surface area contributed by atoms with Gasteiger partial charge in [0.05, 0.1) is 28.4 Å². The highest BCUT2D eigenvalue weighted by Gasteiger charge is 2.33. The van der Waals surface area contributed by atoms with Crippen molar-refractivity contribution in [3.05, 3.63) is 93.4 Å². The van der Waals surface area contributed by atoms with E-state index in [4.69, 9.17) is 0 Å². The fourth-order valence-corrected chi connectivity index (χ4v) is 5.77. The Balaban J connectivity index is 1.16. The van der Waals surface area contributed by atoms with Crippen LogP contribution in [0.1, 0.15) is 41.3 Å². The molecule has 3 N–H and O–H groups in total. The third kappa shape index (κ3) is 5.40. The molecule has 0 radical (unpaired) electrons. The molecule has 0 bridgehead atoms. The smallest absolute Gasteiger partial charge is 0.322 e. The van der Waals surface area contributed by atoms with Crippen molar-refractivity contribution in [3.8, 4) is 0 Å². The van der Waals surface area contributed by atoms with E-state index >= 15 is 0 Å². The maximum absolute atomic E-state index is 13.5. The molecule has 4 aromatic rings. The molecule has 0 aliphatic carbocycles. The van der Waals surface area contributed by atoms with Crippen LogP contribution in [0.3, 0.4) is 0 Å². The van der Waals surface area contributed by atoms with Crippen LogP contribution in [0.4, 0.5) is 21.0 Å². The number of benzene rings is 2. The number of aromatic nitrogens is 3. The van der Waals surface area contributed by atoms with Gasteiger partial charge in [0.1, 0.15) is 0 Å². The predicted octanol–water partition coefficient (Wildman–Crippen LogP) is 4.68. The molecule has 2 aliphatic heterocycles. The molecule has 0 saturated carbocycles. The largest absolute Gasteiger partial charge is 0.329 e. The summed E-state index contributed by atoms with van der Waals surface area (Å²) in [5, 5.41) is 25.6. The molecule has 4 amide bonds. The van der Waals surface area contributed by atoms with Crippen molar-refractivity contribution in [1.29, 1.82) is 0 Å². The van der Waals surface area contributed by atoms with Gasteiger partial charge in [0, 0.05) is 55.1 Å². The average molecular weight is 555 g/mol. The standard InChI is InChI=1S/C29H30N8O4/c1-18-12-19(13-21-16-31-34-27(18)21)14-26(25-15-23(37(40)41)6-9-30-25)33-28(38)35-10-7-22(8-11-35)36-17-20-4-2-3-5-24(20)32-29(36)39/h2-6,9,12-13,15-16,22,26H,7-8,10-11,14,17H2,1H3,(H,31,34)(H,32,39)(H,33,38). The number of fused-ring (bicyclic) bond motifs is 2. The van der Waals surface area contributed by atoms with Gasteiger partial charge >= 0.3 is 12.1 Å². The first-order valence-corrected chi connectivity index (χ1v) is 13.6. The number of carbonyl (C=O) groups is 2. The van der Waals surface area contributed by atoms with E-state index < -0.39 is 11.0 Å². The van der Waals surface area contributed by atoms with Crippen LogP contribution in [0.2, 0.25) is 0 Å². The van der Waals surface area contributed by atoms with Crippen molar-refractivity contribution in [2.45, 2.75) is 44.8 Å². The lowest BCUT2D eigenvalue weighted by atomic mass is 9.99. The van der Waals surface area contributed by atoms with E-state index in [-0.39, 0.29) is 23.8 Å². The topological polar surface area (TPSA) is 149 Å². The van der Waals surface area contributed by atoms with Crippen LogP contribution in [0.5, 0.6) is 0 Å². The van der Waals surface area contributed by atoms with Crippen molar-refractivity contribution < 1.29 is 14.5 Å². The average Bonchev–Trinajstić information content (AvgIpc) is 3.46. The van der Waals surface area contributed by atoms with E-state index in [1.54, 1.807) is 11.1 Å². The highest BCUT2D eigenvalue weighted by molar-refractivity contribution is 5.92. The molecular weight excluding hydrogens is 524 g/mol. The van der Waals surface area contributed by atoms with Gasteiger partial charge in [0.2, 0.25) is 0 Å². The predicted molar refractivity (Wildman–Crippen MR) is 152 cm³/mol. The van der Waals surface area contributed by atoms with Crippen molar-refractivity contribution >= 4 is 34.3 Å². The lowest BCUT2D eigenvalue weighted by molar-refractivity contribution is -0.385. The maximum atomic E-state index is 13.5. The zero-order valence-electron chi connectivity index (χ0n) is 22.5. The molecule has 1 atom stereocenters. The number of nitro groups is 1. The minimum Gasteiger partial charge on any atom is -0.329 e. The van der Waals surface area contributed by atoms with Crippen LogP contribution < -0.4 is 10.6 Å². The van der Waals surface area contributed by atoms with E-state index in [9.17, 15) is 19.7 Å². The maximum Gasteiger partial charge on any atom is 0.322 e. The zero-order chi connectivity index (χ0) is 28.5. The summed E-state index contributed by atoms with van der Waals surface area (Å²) in [6, 6.07) is 13.6. The second kappa shape index (κ2) is 10.9. The van der Waals surface area contributed by atoms with E-state index in [0.717, 1.165) is 33.3 Å². The van der Waals surface area contributed by atoms with Crippen LogP contribution >= 0.6 is 0 Å².